The number of hydrogen-bond donors (Lipinski definition) is 2. The van der Waals surface area contributed by atoms with Gasteiger partial charge in [-0.05, 0) is 31.0 Å². The monoisotopic (exact) mass is 279 g/mol. The van der Waals surface area contributed by atoms with Gasteiger partial charge in [0, 0.05) is 6.54 Å². The third-order valence-electron chi connectivity index (χ3n) is 3.24. The molecule has 0 bridgehead atoms. The highest BCUT2D eigenvalue weighted by atomic mass is 16.5. The highest BCUT2D eigenvalue weighted by Crippen LogP contribution is 2.16. The number of ether oxygens (including phenoxy) is 1. The second-order valence-electron chi connectivity index (χ2n) is 4.93. The molecule has 20 heavy (non-hydrogen) atoms. The molecule has 0 aliphatic rings. The number of carbonyl (C=O) groups excluding carboxylic acids is 1. The Bertz CT molecular complexity index is 487. The maximum atomic E-state index is 11.8. The molecule has 1 unspecified atom stereocenters. The van der Waals surface area contributed by atoms with Gasteiger partial charge >= 0.3 is 11.9 Å². The van der Waals surface area contributed by atoms with Gasteiger partial charge in [0.1, 0.15) is 5.54 Å². The summed E-state index contributed by atoms with van der Waals surface area (Å²) in [6.45, 7) is 4.20. The fraction of sp³-hybridized carbons (Fsp3) is 0.467. The quantitative estimate of drug-likeness (QED) is 0.748. The van der Waals surface area contributed by atoms with Crippen molar-refractivity contribution in [3.05, 3.63) is 35.4 Å². The molecule has 1 aromatic rings. The van der Waals surface area contributed by atoms with Crippen molar-refractivity contribution in [2.45, 2.75) is 38.8 Å². The van der Waals surface area contributed by atoms with E-state index < -0.39 is 11.5 Å². The molecule has 110 valence electrons. The van der Waals surface area contributed by atoms with Crippen LogP contribution in [-0.4, -0.2) is 29.7 Å². The lowest BCUT2D eigenvalue weighted by Crippen LogP contribution is -2.49. The largest absolute Gasteiger partial charge is 0.478 e. The lowest BCUT2D eigenvalue weighted by atomic mass is 9.95. The van der Waals surface area contributed by atoms with Crippen molar-refractivity contribution in [1.82, 2.24) is 5.32 Å². The molecular weight excluding hydrogens is 258 g/mol. The number of esters is 1. The molecule has 5 nitrogen and oxygen atoms in total. The number of methoxy groups -OCH3 is 1. The topological polar surface area (TPSA) is 75.6 Å². The highest BCUT2D eigenvalue weighted by Gasteiger charge is 2.32. The Balaban J connectivity index is 2.80. The average molecular weight is 279 g/mol. The Morgan fingerprint density at radius 1 is 1.40 bits per heavy atom. The summed E-state index contributed by atoms with van der Waals surface area (Å²) >= 11 is 0. The number of benzene rings is 1. The Labute approximate surface area is 118 Å². The normalized spacial score (nSPS) is 13.6. The Morgan fingerprint density at radius 3 is 2.65 bits per heavy atom. The van der Waals surface area contributed by atoms with E-state index in [0.717, 1.165) is 12.0 Å². The van der Waals surface area contributed by atoms with Crippen molar-refractivity contribution in [2.75, 3.05) is 7.11 Å². The number of aromatic carboxylic acids is 1. The van der Waals surface area contributed by atoms with Crippen LogP contribution in [0.3, 0.4) is 0 Å². The van der Waals surface area contributed by atoms with Gasteiger partial charge in [-0.2, -0.15) is 0 Å². The van der Waals surface area contributed by atoms with Gasteiger partial charge < -0.3 is 9.84 Å². The number of carboxylic acid groups (broad SMARTS) is 1. The molecule has 0 aromatic heterocycles. The molecule has 0 aliphatic carbocycles. The molecule has 5 heteroatoms. The molecule has 0 radical (unpaired) electrons. The summed E-state index contributed by atoms with van der Waals surface area (Å²) in [7, 11) is 1.36. The van der Waals surface area contributed by atoms with Gasteiger partial charge in [-0.1, -0.05) is 25.5 Å². The number of hydrogen-bond acceptors (Lipinski definition) is 4. The van der Waals surface area contributed by atoms with Crippen molar-refractivity contribution < 1.29 is 19.4 Å². The van der Waals surface area contributed by atoms with Crippen molar-refractivity contribution in [1.29, 1.82) is 0 Å². The third kappa shape index (κ3) is 4.06. The van der Waals surface area contributed by atoms with Crippen LogP contribution in [0.1, 0.15) is 42.6 Å². The van der Waals surface area contributed by atoms with E-state index in [1.165, 1.54) is 13.2 Å². The summed E-state index contributed by atoms with van der Waals surface area (Å²) in [5, 5.41) is 12.1. The Morgan fingerprint density at radius 2 is 2.10 bits per heavy atom. The van der Waals surface area contributed by atoms with Gasteiger partial charge in [-0.15, -0.1) is 0 Å². The molecule has 0 saturated carbocycles. The first-order valence-electron chi connectivity index (χ1n) is 6.58. The van der Waals surface area contributed by atoms with Crippen LogP contribution < -0.4 is 5.32 Å². The van der Waals surface area contributed by atoms with Gasteiger partial charge in [0.25, 0.3) is 0 Å². The summed E-state index contributed by atoms with van der Waals surface area (Å²) in [4.78, 5) is 22.8. The van der Waals surface area contributed by atoms with Crippen molar-refractivity contribution in [2.24, 2.45) is 0 Å². The van der Waals surface area contributed by atoms with Gasteiger partial charge in [0.15, 0.2) is 0 Å². The van der Waals surface area contributed by atoms with Gasteiger partial charge in [0.2, 0.25) is 0 Å². The van der Waals surface area contributed by atoms with Crippen LogP contribution in [0, 0.1) is 0 Å². The van der Waals surface area contributed by atoms with E-state index in [-0.39, 0.29) is 11.5 Å². The minimum absolute atomic E-state index is 0.236. The molecule has 1 aromatic carbocycles. The SMILES string of the molecule is CCCC(C)(NCc1cccc(C(=O)O)c1)C(=O)OC. The van der Waals surface area contributed by atoms with E-state index in [9.17, 15) is 9.59 Å². The fourth-order valence-electron chi connectivity index (χ4n) is 2.10. The van der Waals surface area contributed by atoms with Crippen molar-refractivity contribution in [3.63, 3.8) is 0 Å². The van der Waals surface area contributed by atoms with Crippen LogP contribution in [-0.2, 0) is 16.1 Å². The summed E-state index contributed by atoms with van der Waals surface area (Å²) in [5.74, 6) is -1.27. The number of rotatable bonds is 7. The van der Waals surface area contributed by atoms with E-state index in [1.54, 1.807) is 19.1 Å². The number of nitrogens with one attached hydrogen (secondary N) is 1. The molecule has 0 fully saturated rings. The van der Waals surface area contributed by atoms with Gasteiger partial charge in [-0.3, -0.25) is 10.1 Å². The van der Waals surface area contributed by atoms with E-state index in [1.807, 2.05) is 13.0 Å². The van der Waals surface area contributed by atoms with Crippen molar-refractivity contribution >= 4 is 11.9 Å². The molecular formula is C15H21NO4. The molecule has 1 atom stereocenters. The Kier molecular flexibility index (Phi) is 5.70. The van der Waals surface area contributed by atoms with Gasteiger partial charge in [-0.25, -0.2) is 4.79 Å². The van der Waals surface area contributed by atoms with Crippen LogP contribution >= 0.6 is 0 Å². The maximum absolute atomic E-state index is 11.8. The number of carboxylic acids is 1. The second-order valence-corrected chi connectivity index (χ2v) is 4.93. The van der Waals surface area contributed by atoms with Crippen LogP contribution in [0.25, 0.3) is 0 Å². The number of carbonyl (C=O) groups is 2. The highest BCUT2D eigenvalue weighted by molar-refractivity contribution is 5.87. The van der Waals surface area contributed by atoms with E-state index in [4.69, 9.17) is 9.84 Å². The standard InChI is InChI=1S/C15H21NO4/c1-4-8-15(2,14(19)20-3)16-10-11-6-5-7-12(9-11)13(17)18/h5-7,9,16H,4,8,10H2,1-3H3,(H,17,18). The maximum Gasteiger partial charge on any atom is 0.335 e. The lowest BCUT2D eigenvalue weighted by molar-refractivity contribution is -0.148. The molecule has 1 rings (SSSR count). The molecule has 0 amide bonds. The summed E-state index contributed by atoms with van der Waals surface area (Å²) < 4.78 is 4.82. The van der Waals surface area contributed by atoms with E-state index in [2.05, 4.69) is 5.32 Å². The van der Waals surface area contributed by atoms with Crippen LogP contribution in [0.15, 0.2) is 24.3 Å². The van der Waals surface area contributed by atoms with Crippen LogP contribution in [0.2, 0.25) is 0 Å². The fourth-order valence-corrected chi connectivity index (χ4v) is 2.10. The predicted molar refractivity (Wildman–Crippen MR) is 75.6 cm³/mol. The first kappa shape index (κ1) is 16.2. The van der Waals surface area contributed by atoms with Gasteiger partial charge in [0.05, 0.1) is 12.7 Å². The second kappa shape index (κ2) is 7.05. The van der Waals surface area contributed by atoms with Crippen LogP contribution in [0.5, 0.6) is 0 Å². The van der Waals surface area contributed by atoms with Crippen LogP contribution in [0.4, 0.5) is 0 Å². The lowest BCUT2D eigenvalue weighted by Gasteiger charge is -2.27. The first-order valence-corrected chi connectivity index (χ1v) is 6.58. The van der Waals surface area contributed by atoms with E-state index >= 15 is 0 Å². The summed E-state index contributed by atoms with van der Waals surface area (Å²) in [6.07, 6.45) is 1.49. The minimum Gasteiger partial charge on any atom is -0.478 e. The summed E-state index contributed by atoms with van der Waals surface area (Å²) in [6, 6.07) is 6.65. The molecule has 0 saturated heterocycles. The first-order chi connectivity index (χ1) is 9.42. The zero-order valence-corrected chi connectivity index (χ0v) is 12.1. The summed E-state index contributed by atoms with van der Waals surface area (Å²) in [5.41, 5.74) is 0.290. The predicted octanol–water partition coefficient (Wildman–Crippen LogP) is 2.21. The zero-order valence-electron chi connectivity index (χ0n) is 12.1. The molecule has 0 aliphatic heterocycles. The molecule has 2 N–H and O–H groups in total. The van der Waals surface area contributed by atoms with Crippen molar-refractivity contribution in [3.8, 4) is 0 Å². The average Bonchev–Trinajstić information content (AvgIpc) is 2.45. The smallest absolute Gasteiger partial charge is 0.335 e. The minimum atomic E-state index is -0.962. The third-order valence-corrected chi connectivity index (χ3v) is 3.24. The zero-order chi connectivity index (χ0) is 15.2. The molecule has 0 heterocycles. The van der Waals surface area contributed by atoms with E-state index in [0.29, 0.717) is 13.0 Å². The Hall–Kier alpha value is -1.88. The molecule has 0 spiro atoms.